The molecule has 0 aromatic heterocycles. The van der Waals surface area contributed by atoms with E-state index >= 15 is 0 Å². The zero-order valence-electron chi connectivity index (χ0n) is 32.5. The maximum atomic E-state index is 14.2. The largest absolute Gasteiger partial charge is 0.496 e. The Kier molecular flexibility index (Phi) is 10.0. The van der Waals surface area contributed by atoms with Crippen molar-refractivity contribution in [1.82, 2.24) is 15.5 Å². The lowest BCUT2D eigenvalue weighted by Crippen LogP contribution is -2.65. The molecule has 2 aromatic rings. The number of fused-ring (bicyclic) bond motifs is 1. The van der Waals surface area contributed by atoms with Crippen molar-refractivity contribution in [3.8, 4) is 5.75 Å². The molecule has 7 rings (SSSR count). The summed E-state index contributed by atoms with van der Waals surface area (Å²) in [5.74, 6) is -0.814. The molecule has 2 aromatic carbocycles. The Labute approximate surface area is 308 Å². The lowest BCUT2D eigenvalue weighted by atomic mass is 9.43. The van der Waals surface area contributed by atoms with Crippen LogP contribution in [0.1, 0.15) is 118 Å². The topological polar surface area (TPSA) is 136 Å². The van der Waals surface area contributed by atoms with Crippen molar-refractivity contribution in [3.63, 3.8) is 0 Å². The lowest BCUT2D eigenvalue weighted by Gasteiger charge is -2.64. The van der Waals surface area contributed by atoms with Gasteiger partial charge in [-0.2, -0.15) is 0 Å². The second-order valence-electron chi connectivity index (χ2n) is 18.0. The highest BCUT2D eigenvalue weighted by molar-refractivity contribution is 6.48. The van der Waals surface area contributed by atoms with Crippen molar-refractivity contribution < 1.29 is 38.3 Å². The Hall–Kier alpha value is -3.61. The van der Waals surface area contributed by atoms with Crippen molar-refractivity contribution in [2.45, 2.75) is 123 Å². The van der Waals surface area contributed by atoms with Crippen LogP contribution in [0.5, 0.6) is 5.75 Å². The van der Waals surface area contributed by atoms with Crippen molar-refractivity contribution in [3.05, 3.63) is 63.7 Å². The van der Waals surface area contributed by atoms with Crippen molar-refractivity contribution >= 4 is 25.1 Å². The van der Waals surface area contributed by atoms with E-state index in [1.807, 2.05) is 45.0 Å². The Morgan fingerprint density at radius 2 is 1.75 bits per heavy atom. The van der Waals surface area contributed by atoms with Gasteiger partial charge in [-0.1, -0.05) is 46.8 Å². The first kappa shape index (κ1) is 38.1. The van der Waals surface area contributed by atoms with Crippen molar-refractivity contribution in [1.29, 1.82) is 0 Å². The molecule has 3 saturated carbocycles. The molecular formula is C40H56BN3O8. The van der Waals surface area contributed by atoms with Gasteiger partial charge in [0.1, 0.15) is 16.9 Å². The molecule has 282 valence electrons. The molecule has 52 heavy (non-hydrogen) atoms. The van der Waals surface area contributed by atoms with Crippen LogP contribution < -0.4 is 15.4 Å². The minimum absolute atomic E-state index is 0.0662. The number of carboxylic acid groups (broad SMARTS) is 1. The van der Waals surface area contributed by atoms with Crippen LogP contribution >= 0.6 is 0 Å². The fourth-order valence-electron chi connectivity index (χ4n) is 9.09. The Bertz CT molecular complexity index is 1730. The molecule has 5 atom stereocenters. The number of rotatable bonds is 10. The van der Waals surface area contributed by atoms with E-state index in [0.29, 0.717) is 49.1 Å². The summed E-state index contributed by atoms with van der Waals surface area (Å²) in [5.41, 5.74) is 3.16. The summed E-state index contributed by atoms with van der Waals surface area (Å²) in [5, 5.41) is 16.2. The summed E-state index contributed by atoms with van der Waals surface area (Å²) in [6, 6.07) is 9.21. The number of alkyl carbamates (subject to hydrolysis) is 1. The number of benzene rings is 2. The zero-order valence-corrected chi connectivity index (χ0v) is 32.5. The number of hydrogen-bond acceptors (Lipinski definition) is 8. The average Bonchev–Trinajstić information content (AvgIpc) is 3.62. The molecule has 12 heteroatoms. The third-order valence-electron chi connectivity index (χ3n) is 11.9. The van der Waals surface area contributed by atoms with E-state index in [2.05, 4.69) is 57.1 Å². The van der Waals surface area contributed by atoms with E-state index in [9.17, 15) is 19.5 Å². The first-order valence-electron chi connectivity index (χ1n) is 18.6. The van der Waals surface area contributed by atoms with Gasteiger partial charge >= 0.3 is 19.2 Å². The Balaban J connectivity index is 1.25. The van der Waals surface area contributed by atoms with Crippen LogP contribution in [0.3, 0.4) is 0 Å². The SMILES string of the molecule is COc1c(C(=O)O)ccc(C(C)(C)C)c1C[C@H](NC(=O)c1ccc2c(c1)CN(CCNC(=O)OC(C)(C)C)C2)B1OC2CC3CC(C3(C)C)C2(C)O1. The number of carboxylic acids is 1. The standard InChI is InChI=1S/C40H56BN3O8/c1-37(2,3)29-14-13-27(35(46)47)33(49-10)28(29)20-32(41-51-31-19-26-18-30(39(26,7)8)40(31,9)52-41)43-34(45)23-11-12-24-21-44(22-25(24)17-23)16-15-42-36(48)50-38(4,5)6/h11-14,17,26,30-32H,15-16,18-22H2,1-10H3,(H,42,48)(H,43,45)(H,46,47)/t26?,30?,31?,32-,40?/m0/s1. The van der Waals surface area contributed by atoms with Crippen LogP contribution in [0.15, 0.2) is 30.3 Å². The van der Waals surface area contributed by atoms with E-state index in [0.717, 1.165) is 29.5 Å². The molecule has 4 fully saturated rings. The van der Waals surface area contributed by atoms with Gasteiger partial charge in [0.25, 0.3) is 5.91 Å². The third kappa shape index (κ3) is 7.31. The first-order chi connectivity index (χ1) is 24.2. The Morgan fingerprint density at radius 1 is 1.04 bits per heavy atom. The van der Waals surface area contributed by atoms with E-state index in [1.165, 1.54) is 7.11 Å². The number of hydrogen-bond donors (Lipinski definition) is 3. The molecule has 2 heterocycles. The molecule has 2 aliphatic heterocycles. The third-order valence-corrected chi connectivity index (χ3v) is 11.9. The molecule has 3 aliphatic carbocycles. The van der Waals surface area contributed by atoms with Crippen LogP contribution in [0.2, 0.25) is 0 Å². The van der Waals surface area contributed by atoms with E-state index in [1.54, 1.807) is 6.07 Å². The van der Waals surface area contributed by atoms with Gasteiger partial charge in [-0.15, -0.1) is 0 Å². The Morgan fingerprint density at radius 3 is 2.38 bits per heavy atom. The van der Waals surface area contributed by atoms with Crippen LogP contribution in [0.4, 0.5) is 4.79 Å². The van der Waals surface area contributed by atoms with Gasteiger partial charge < -0.3 is 34.5 Å². The number of carbonyl (C=O) groups excluding carboxylic acids is 2. The van der Waals surface area contributed by atoms with Gasteiger partial charge in [-0.25, -0.2) is 9.59 Å². The molecule has 4 unspecified atom stereocenters. The highest BCUT2D eigenvalue weighted by Gasteiger charge is 2.68. The van der Waals surface area contributed by atoms with Crippen molar-refractivity contribution in [2.24, 2.45) is 17.3 Å². The summed E-state index contributed by atoms with van der Waals surface area (Å²) in [6.45, 7) is 21.0. The summed E-state index contributed by atoms with van der Waals surface area (Å²) in [7, 11) is 0.739. The molecule has 2 bridgehead atoms. The maximum Gasteiger partial charge on any atom is 0.482 e. The normalized spacial score (nSPS) is 25.4. The van der Waals surface area contributed by atoms with Gasteiger partial charge in [-0.05, 0) is 105 Å². The predicted octanol–water partition coefficient (Wildman–Crippen LogP) is 6.14. The number of nitrogens with zero attached hydrogens (tertiary/aromatic N) is 1. The van der Waals surface area contributed by atoms with Crippen LogP contribution in [-0.2, 0) is 39.0 Å². The number of methoxy groups -OCH3 is 1. The highest BCUT2D eigenvalue weighted by Crippen LogP contribution is 2.65. The molecule has 1 saturated heterocycles. The summed E-state index contributed by atoms with van der Waals surface area (Å²) in [4.78, 5) is 40.9. The number of amides is 2. The molecule has 0 spiro atoms. The molecule has 5 aliphatic rings. The monoisotopic (exact) mass is 717 g/mol. The predicted molar refractivity (Wildman–Crippen MR) is 199 cm³/mol. The first-order valence-corrected chi connectivity index (χ1v) is 18.6. The van der Waals surface area contributed by atoms with Gasteiger partial charge in [-0.3, -0.25) is 9.69 Å². The van der Waals surface area contributed by atoms with Gasteiger partial charge in [0, 0.05) is 37.3 Å². The second kappa shape index (κ2) is 13.7. The minimum atomic E-state index is -1.08. The van der Waals surface area contributed by atoms with Gasteiger partial charge in [0.05, 0.1) is 24.8 Å². The fourth-order valence-corrected chi connectivity index (χ4v) is 9.09. The second-order valence-corrected chi connectivity index (χ2v) is 18.0. The molecule has 0 radical (unpaired) electrons. The number of carbonyl (C=O) groups is 3. The van der Waals surface area contributed by atoms with E-state index in [4.69, 9.17) is 18.8 Å². The van der Waals surface area contributed by atoms with Gasteiger partial charge in [0.2, 0.25) is 0 Å². The van der Waals surface area contributed by atoms with Crippen LogP contribution in [0, 0.1) is 17.3 Å². The zero-order chi connectivity index (χ0) is 38.0. The highest BCUT2D eigenvalue weighted by atomic mass is 16.7. The van der Waals surface area contributed by atoms with E-state index < -0.39 is 36.3 Å². The van der Waals surface area contributed by atoms with Crippen LogP contribution in [-0.4, -0.2) is 78.5 Å². The summed E-state index contributed by atoms with van der Waals surface area (Å²) in [6.07, 6.45) is 1.70. The number of nitrogens with one attached hydrogen (secondary N) is 2. The lowest BCUT2D eigenvalue weighted by molar-refractivity contribution is -0.199. The van der Waals surface area contributed by atoms with Gasteiger partial charge in [0.15, 0.2) is 0 Å². The molecule has 11 nitrogen and oxygen atoms in total. The minimum Gasteiger partial charge on any atom is -0.496 e. The molecular weight excluding hydrogens is 661 g/mol. The fraction of sp³-hybridized carbons (Fsp3) is 0.625. The molecule has 2 amide bonds. The van der Waals surface area contributed by atoms with E-state index in [-0.39, 0.29) is 40.6 Å². The summed E-state index contributed by atoms with van der Waals surface area (Å²) < 4.78 is 24.8. The quantitative estimate of drug-likeness (QED) is 0.248. The van der Waals surface area contributed by atoms with Crippen molar-refractivity contribution in [2.75, 3.05) is 20.2 Å². The number of aromatic carboxylic acids is 1. The average molecular weight is 718 g/mol. The summed E-state index contributed by atoms with van der Waals surface area (Å²) >= 11 is 0. The number of ether oxygens (including phenoxy) is 2. The maximum absolute atomic E-state index is 14.2. The smallest absolute Gasteiger partial charge is 0.482 e. The van der Waals surface area contributed by atoms with Crippen LogP contribution in [0.25, 0.3) is 0 Å². The molecule has 3 N–H and O–H groups in total.